The molecule has 5 nitrogen and oxygen atoms in total. The van der Waals surface area contributed by atoms with E-state index in [0.717, 1.165) is 13.5 Å². The molecule has 0 spiro atoms. The second-order valence-electron chi connectivity index (χ2n) is 2.56. The van der Waals surface area contributed by atoms with Crippen LogP contribution in [0.3, 0.4) is 0 Å². The Morgan fingerprint density at radius 2 is 2.15 bits per heavy atom. The molecule has 0 bridgehead atoms. The molecule has 1 unspecified atom stereocenters. The number of ether oxygens (including phenoxy) is 1. The summed E-state index contributed by atoms with van der Waals surface area (Å²) in [6, 6.07) is 0. The van der Waals surface area contributed by atoms with Crippen LogP contribution < -0.4 is 0 Å². The van der Waals surface area contributed by atoms with Crippen molar-refractivity contribution in [2.45, 2.75) is 19.8 Å². The van der Waals surface area contributed by atoms with E-state index in [1.165, 1.54) is 0 Å². The van der Waals surface area contributed by atoms with Crippen LogP contribution in [0, 0.1) is 0 Å². The molecule has 1 N–H and O–H groups in total. The molecule has 0 radical (unpaired) electrons. The highest BCUT2D eigenvalue weighted by Gasteiger charge is 2.24. The number of methoxy groups -OCH3 is 1. The van der Waals surface area contributed by atoms with Crippen LogP contribution in [0.15, 0.2) is 0 Å². The van der Waals surface area contributed by atoms with Crippen LogP contribution in [0.25, 0.3) is 0 Å². The molecule has 1 atom stereocenters. The van der Waals surface area contributed by atoms with Gasteiger partial charge in [0.15, 0.2) is 0 Å². The Balaban J connectivity index is 3.80. The molecule has 0 aliphatic rings. The smallest absolute Gasteiger partial charge is 0.339 e. The molecule has 78 valence electrons. The zero-order valence-corrected chi connectivity index (χ0v) is 8.75. The van der Waals surface area contributed by atoms with Crippen LogP contribution >= 0.6 is 7.60 Å². The molecule has 0 saturated carbocycles. The van der Waals surface area contributed by atoms with Gasteiger partial charge >= 0.3 is 13.6 Å². The van der Waals surface area contributed by atoms with E-state index in [4.69, 9.17) is 4.89 Å². The lowest BCUT2D eigenvalue weighted by atomic mass is 10.4. The topological polar surface area (TPSA) is 72.8 Å². The van der Waals surface area contributed by atoms with Crippen LogP contribution in [-0.2, 0) is 18.6 Å². The quantitative estimate of drug-likeness (QED) is 0.404. The largest absolute Gasteiger partial charge is 0.469 e. The zero-order chi connectivity index (χ0) is 10.3. The Kier molecular flexibility index (Phi) is 5.95. The van der Waals surface area contributed by atoms with Crippen molar-refractivity contribution in [1.82, 2.24) is 0 Å². The van der Waals surface area contributed by atoms with Crippen molar-refractivity contribution in [3.63, 3.8) is 0 Å². The molecule has 0 aliphatic carbocycles. The standard InChI is InChI=1S/C7H15O5P/c1-3-4-5-12-13(9,10)6-7(8)11-2/h3-6H2,1-2H3,(H,9,10). The second kappa shape index (κ2) is 6.13. The fourth-order valence-electron chi connectivity index (χ4n) is 0.625. The Labute approximate surface area is 77.6 Å². The van der Waals surface area contributed by atoms with E-state index >= 15 is 0 Å². The molecule has 0 aromatic rings. The summed E-state index contributed by atoms with van der Waals surface area (Å²) in [5.74, 6) is -0.734. The van der Waals surface area contributed by atoms with Crippen molar-refractivity contribution in [3.8, 4) is 0 Å². The minimum Gasteiger partial charge on any atom is -0.469 e. The number of hydrogen-bond donors (Lipinski definition) is 1. The number of esters is 1. The van der Waals surface area contributed by atoms with Crippen LogP contribution in [0.5, 0.6) is 0 Å². The van der Waals surface area contributed by atoms with Crippen LogP contribution in [0.2, 0.25) is 0 Å². The van der Waals surface area contributed by atoms with Gasteiger partial charge in [-0.05, 0) is 6.42 Å². The Morgan fingerprint density at radius 3 is 2.62 bits per heavy atom. The fraction of sp³-hybridized carbons (Fsp3) is 0.857. The monoisotopic (exact) mass is 210 g/mol. The summed E-state index contributed by atoms with van der Waals surface area (Å²) in [5, 5.41) is 0. The van der Waals surface area contributed by atoms with Crippen LogP contribution in [0.1, 0.15) is 19.8 Å². The van der Waals surface area contributed by atoms with E-state index in [2.05, 4.69) is 9.26 Å². The maximum atomic E-state index is 11.1. The van der Waals surface area contributed by atoms with Crippen LogP contribution in [-0.4, -0.2) is 30.7 Å². The summed E-state index contributed by atoms with van der Waals surface area (Å²) in [7, 11) is -2.61. The van der Waals surface area contributed by atoms with Gasteiger partial charge in [0.05, 0.1) is 13.7 Å². The van der Waals surface area contributed by atoms with Gasteiger partial charge in [-0.1, -0.05) is 13.3 Å². The zero-order valence-electron chi connectivity index (χ0n) is 7.86. The molecular weight excluding hydrogens is 195 g/mol. The van der Waals surface area contributed by atoms with Gasteiger partial charge in [-0.15, -0.1) is 0 Å². The van der Waals surface area contributed by atoms with Gasteiger partial charge in [-0.2, -0.15) is 0 Å². The number of unbranched alkanes of at least 4 members (excludes halogenated alkanes) is 1. The molecule has 0 aromatic carbocycles. The molecule has 0 aromatic heterocycles. The molecule has 0 rings (SSSR count). The van der Waals surface area contributed by atoms with Crippen molar-refractivity contribution in [2.24, 2.45) is 0 Å². The first-order valence-electron chi connectivity index (χ1n) is 4.05. The van der Waals surface area contributed by atoms with Crippen molar-refractivity contribution in [1.29, 1.82) is 0 Å². The lowest BCUT2D eigenvalue weighted by molar-refractivity contribution is -0.137. The third kappa shape index (κ3) is 6.75. The van der Waals surface area contributed by atoms with E-state index < -0.39 is 19.7 Å². The van der Waals surface area contributed by atoms with Crippen molar-refractivity contribution in [3.05, 3.63) is 0 Å². The van der Waals surface area contributed by atoms with Gasteiger partial charge < -0.3 is 14.2 Å². The molecule has 0 saturated heterocycles. The third-order valence-electron chi connectivity index (χ3n) is 1.35. The van der Waals surface area contributed by atoms with Crippen molar-refractivity contribution in [2.75, 3.05) is 19.9 Å². The molecule has 0 fully saturated rings. The summed E-state index contributed by atoms with van der Waals surface area (Å²) in [5.41, 5.74) is 0. The van der Waals surface area contributed by atoms with E-state index in [9.17, 15) is 9.36 Å². The maximum Gasteiger partial charge on any atom is 0.339 e. The number of carbonyl (C=O) groups excluding carboxylic acids is 1. The van der Waals surface area contributed by atoms with E-state index in [1.807, 2.05) is 6.92 Å². The minimum atomic E-state index is -3.77. The van der Waals surface area contributed by atoms with Gasteiger partial charge in [0.2, 0.25) is 0 Å². The molecule has 6 heteroatoms. The first-order chi connectivity index (χ1) is 6.02. The average Bonchev–Trinajstić information content (AvgIpc) is 2.03. The predicted molar refractivity (Wildman–Crippen MR) is 47.6 cm³/mol. The molecule has 0 amide bonds. The normalized spacial score (nSPS) is 15.0. The Morgan fingerprint density at radius 1 is 1.54 bits per heavy atom. The Hall–Kier alpha value is -0.380. The molecule has 13 heavy (non-hydrogen) atoms. The summed E-state index contributed by atoms with van der Waals surface area (Å²) in [4.78, 5) is 19.7. The lowest BCUT2D eigenvalue weighted by Crippen LogP contribution is -2.09. The van der Waals surface area contributed by atoms with E-state index in [1.54, 1.807) is 0 Å². The van der Waals surface area contributed by atoms with E-state index in [-0.39, 0.29) is 6.61 Å². The van der Waals surface area contributed by atoms with Gasteiger partial charge in [0.25, 0.3) is 0 Å². The average molecular weight is 210 g/mol. The number of rotatable bonds is 6. The predicted octanol–water partition coefficient (Wildman–Crippen LogP) is 1.16. The van der Waals surface area contributed by atoms with Gasteiger partial charge in [0.1, 0.15) is 6.16 Å². The highest BCUT2D eigenvalue weighted by molar-refractivity contribution is 7.53. The highest BCUT2D eigenvalue weighted by atomic mass is 31.2. The Bertz CT molecular complexity index is 203. The lowest BCUT2D eigenvalue weighted by Gasteiger charge is -2.09. The first kappa shape index (κ1) is 12.6. The molecule has 0 aliphatic heterocycles. The van der Waals surface area contributed by atoms with Crippen LogP contribution in [0.4, 0.5) is 0 Å². The highest BCUT2D eigenvalue weighted by Crippen LogP contribution is 2.41. The maximum absolute atomic E-state index is 11.1. The van der Waals surface area contributed by atoms with Gasteiger partial charge in [-0.3, -0.25) is 9.36 Å². The fourth-order valence-corrected chi connectivity index (χ4v) is 1.59. The SMILES string of the molecule is CCCCOP(=O)(O)CC(=O)OC. The minimum absolute atomic E-state index is 0.196. The number of carbonyl (C=O) groups is 1. The first-order valence-corrected chi connectivity index (χ1v) is 5.81. The van der Waals surface area contributed by atoms with E-state index in [0.29, 0.717) is 6.42 Å². The summed E-state index contributed by atoms with van der Waals surface area (Å²) in [6.07, 6.45) is 0.997. The van der Waals surface area contributed by atoms with Crippen molar-refractivity contribution >= 4 is 13.6 Å². The van der Waals surface area contributed by atoms with Crippen molar-refractivity contribution < 1.29 is 23.5 Å². The van der Waals surface area contributed by atoms with Gasteiger partial charge in [0, 0.05) is 0 Å². The summed E-state index contributed by atoms with van der Waals surface area (Å²) in [6.45, 7) is 2.13. The second-order valence-corrected chi connectivity index (χ2v) is 4.41. The number of hydrogen-bond acceptors (Lipinski definition) is 4. The summed E-state index contributed by atoms with van der Waals surface area (Å²) < 4.78 is 20.0. The molecule has 0 heterocycles. The third-order valence-corrected chi connectivity index (χ3v) is 2.59. The summed E-state index contributed by atoms with van der Waals surface area (Å²) >= 11 is 0. The molecular formula is C7H15O5P. The van der Waals surface area contributed by atoms with Gasteiger partial charge in [-0.25, -0.2) is 0 Å².